The smallest absolute Gasteiger partial charge is 0.213 e. The van der Waals surface area contributed by atoms with Crippen LogP contribution in [0.1, 0.15) is 25.1 Å². The summed E-state index contributed by atoms with van der Waals surface area (Å²) in [6.07, 6.45) is 5.43. The molecule has 0 amide bonds. The number of ether oxygens (including phenoxy) is 1. The molecule has 148 valence electrons. The molecule has 6 nitrogen and oxygen atoms in total. The molecule has 0 aliphatic heterocycles. The van der Waals surface area contributed by atoms with E-state index in [4.69, 9.17) is 10.00 Å². The molecule has 0 saturated carbocycles. The number of hydrogen-bond donors (Lipinski definition) is 1. The van der Waals surface area contributed by atoms with Gasteiger partial charge >= 0.3 is 0 Å². The quantitative estimate of drug-likeness (QED) is 0.497. The molecule has 0 fully saturated rings. The summed E-state index contributed by atoms with van der Waals surface area (Å²) in [5.74, 6) is 0.626. The number of nitrogens with zero attached hydrogens (tertiary/aromatic N) is 4. The number of fused-ring (bicyclic) bond motifs is 1. The molecule has 4 aromatic rings. The van der Waals surface area contributed by atoms with Crippen molar-refractivity contribution in [2.75, 3.05) is 5.32 Å². The van der Waals surface area contributed by atoms with Crippen LogP contribution < -0.4 is 10.1 Å². The number of aromatic nitrogens is 3. The number of anilines is 1. The normalized spacial score (nSPS) is 10.7. The predicted octanol–water partition coefficient (Wildman–Crippen LogP) is 4.96. The Kier molecular flexibility index (Phi) is 5.53. The van der Waals surface area contributed by atoms with Crippen molar-refractivity contribution in [2.45, 2.75) is 26.5 Å². The van der Waals surface area contributed by atoms with Gasteiger partial charge in [-0.1, -0.05) is 18.2 Å². The van der Waals surface area contributed by atoms with Crippen molar-refractivity contribution in [1.82, 2.24) is 15.0 Å². The number of para-hydroxylation sites is 1. The summed E-state index contributed by atoms with van der Waals surface area (Å²) in [6, 6.07) is 17.6. The molecule has 1 N–H and O–H groups in total. The van der Waals surface area contributed by atoms with Gasteiger partial charge < -0.3 is 10.1 Å². The molecule has 6 heteroatoms. The minimum Gasteiger partial charge on any atom is -0.475 e. The third-order valence-corrected chi connectivity index (χ3v) is 4.60. The lowest BCUT2D eigenvalue weighted by molar-refractivity contribution is 0.232. The van der Waals surface area contributed by atoms with Crippen molar-refractivity contribution in [3.8, 4) is 23.1 Å². The summed E-state index contributed by atoms with van der Waals surface area (Å²) < 4.78 is 5.59. The highest BCUT2D eigenvalue weighted by atomic mass is 16.5. The topological polar surface area (TPSA) is 83.7 Å². The third-order valence-electron chi connectivity index (χ3n) is 4.60. The van der Waals surface area contributed by atoms with Gasteiger partial charge in [0.05, 0.1) is 17.3 Å². The zero-order chi connectivity index (χ0) is 20.9. The molecule has 0 bridgehead atoms. The first-order valence-electron chi connectivity index (χ1n) is 9.74. The maximum atomic E-state index is 8.97. The molecule has 3 aromatic heterocycles. The van der Waals surface area contributed by atoms with Crippen LogP contribution in [0.15, 0.2) is 67.1 Å². The molecule has 0 aliphatic rings. The Morgan fingerprint density at radius 2 is 1.90 bits per heavy atom. The van der Waals surface area contributed by atoms with Gasteiger partial charge in [-0.25, -0.2) is 9.97 Å². The second-order valence-electron chi connectivity index (χ2n) is 7.13. The number of pyridine rings is 3. The number of benzene rings is 1. The Morgan fingerprint density at radius 1 is 1.00 bits per heavy atom. The van der Waals surface area contributed by atoms with Gasteiger partial charge in [0.15, 0.2) is 0 Å². The summed E-state index contributed by atoms with van der Waals surface area (Å²) in [7, 11) is 0. The fourth-order valence-electron chi connectivity index (χ4n) is 3.21. The number of hydrogen-bond acceptors (Lipinski definition) is 6. The molecule has 0 atom stereocenters. The Hall–Kier alpha value is -3.98. The first kappa shape index (κ1) is 19.3. The Labute approximate surface area is 175 Å². The van der Waals surface area contributed by atoms with E-state index in [0.29, 0.717) is 18.1 Å². The summed E-state index contributed by atoms with van der Waals surface area (Å²) in [4.78, 5) is 13.1. The van der Waals surface area contributed by atoms with Gasteiger partial charge in [0, 0.05) is 42.2 Å². The van der Waals surface area contributed by atoms with Crippen molar-refractivity contribution in [3.63, 3.8) is 0 Å². The lowest BCUT2D eigenvalue weighted by Gasteiger charge is -2.12. The van der Waals surface area contributed by atoms with Gasteiger partial charge in [0.2, 0.25) is 5.88 Å². The SMILES string of the molecule is CC(C)Oc1ccc(CNc2cccc3c(-c4ccc(C#N)nc4)ccnc23)cn1. The summed E-state index contributed by atoms with van der Waals surface area (Å²) in [5.41, 5.74) is 5.25. The van der Waals surface area contributed by atoms with E-state index in [1.54, 1.807) is 18.5 Å². The van der Waals surface area contributed by atoms with Crippen LogP contribution in [0.5, 0.6) is 5.88 Å². The highest BCUT2D eigenvalue weighted by molar-refractivity contribution is 6.00. The largest absolute Gasteiger partial charge is 0.475 e. The molecule has 0 radical (unpaired) electrons. The number of nitriles is 1. The van der Waals surface area contributed by atoms with Crippen molar-refractivity contribution >= 4 is 16.6 Å². The highest BCUT2D eigenvalue weighted by Crippen LogP contribution is 2.31. The standard InChI is InChI=1S/C24H21N5O/c1-16(2)30-23-9-6-17(14-29-23)13-28-22-5-3-4-21-20(10-11-26-24(21)22)18-7-8-19(12-25)27-15-18/h3-11,14-16,28H,13H2,1-2H3. The Balaban J connectivity index is 1.58. The number of rotatable bonds is 6. The molecule has 3 heterocycles. The minimum atomic E-state index is 0.101. The molecular formula is C24H21N5O. The second kappa shape index (κ2) is 8.58. The van der Waals surface area contributed by atoms with Crippen molar-refractivity contribution < 1.29 is 4.74 Å². The van der Waals surface area contributed by atoms with Crippen LogP contribution in [0.2, 0.25) is 0 Å². The van der Waals surface area contributed by atoms with Gasteiger partial charge in [-0.2, -0.15) is 5.26 Å². The van der Waals surface area contributed by atoms with E-state index < -0.39 is 0 Å². The molecule has 30 heavy (non-hydrogen) atoms. The zero-order valence-corrected chi connectivity index (χ0v) is 16.8. The molecule has 0 spiro atoms. The zero-order valence-electron chi connectivity index (χ0n) is 16.8. The summed E-state index contributed by atoms with van der Waals surface area (Å²) in [6.45, 7) is 4.58. The summed E-state index contributed by atoms with van der Waals surface area (Å²) >= 11 is 0. The average Bonchev–Trinajstić information content (AvgIpc) is 2.78. The van der Waals surface area contributed by atoms with Crippen LogP contribution >= 0.6 is 0 Å². The average molecular weight is 395 g/mol. The second-order valence-corrected chi connectivity index (χ2v) is 7.13. The van der Waals surface area contributed by atoms with Crippen molar-refractivity contribution in [3.05, 3.63) is 78.4 Å². The third kappa shape index (κ3) is 4.20. The van der Waals surface area contributed by atoms with Crippen LogP contribution in [0.3, 0.4) is 0 Å². The van der Waals surface area contributed by atoms with E-state index in [1.807, 2.05) is 62.5 Å². The van der Waals surface area contributed by atoms with E-state index in [2.05, 4.69) is 26.3 Å². The van der Waals surface area contributed by atoms with Crippen LogP contribution in [0.4, 0.5) is 5.69 Å². The minimum absolute atomic E-state index is 0.101. The molecule has 0 unspecified atom stereocenters. The van der Waals surface area contributed by atoms with E-state index in [-0.39, 0.29) is 6.10 Å². The maximum Gasteiger partial charge on any atom is 0.213 e. The van der Waals surface area contributed by atoms with E-state index in [9.17, 15) is 0 Å². The van der Waals surface area contributed by atoms with Crippen molar-refractivity contribution in [1.29, 1.82) is 5.26 Å². The molecule has 0 saturated heterocycles. The highest BCUT2D eigenvalue weighted by Gasteiger charge is 2.09. The fourth-order valence-corrected chi connectivity index (χ4v) is 3.21. The maximum absolute atomic E-state index is 8.97. The molecule has 0 aliphatic carbocycles. The Morgan fingerprint density at radius 3 is 2.60 bits per heavy atom. The first-order chi connectivity index (χ1) is 14.6. The van der Waals surface area contributed by atoms with Gasteiger partial charge in [-0.3, -0.25) is 4.98 Å². The predicted molar refractivity (Wildman–Crippen MR) is 117 cm³/mol. The van der Waals surface area contributed by atoms with Gasteiger partial charge in [0.25, 0.3) is 0 Å². The van der Waals surface area contributed by atoms with E-state index in [0.717, 1.165) is 33.3 Å². The summed E-state index contributed by atoms with van der Waals surface area (Å²) in [5, 5.41) is 13.5. The van der Waals surface area contributed by atoms with Gasteiger partial charge in [0.1, 0.15) is 11.8 Å². The van der Waals surface area contributed by atoms with Crippen LogP contribution in [-0.2, 0) is 6.54 Å². The number of nitrogens with one attached hydrogen (secondary N) is 1. The van der Waals surface area contributed by atoms with E-state index >= 15 is 0 Å². The van der Waals surface area contributed by atoms with Crippen molar-refractivity contribution in [2.24, 2.45) is 0 Å². The fraction of sp³-hybridized carbons (Fsp3) is 0.167. The van der Waals surface area contributed by atoms with Crippen LogP contribution in [0.25, 0.3) is 22.0 Å². The lowest BCUT2D eigenvalue weighted by Crippen LogP contribution is -2.07. The molecule has 1 aromatic carbocycles. The van der Waals surface area contributed by atoms with E-state index in [1.165, 1.54) is 0 Å². The monoisotopic (exact) mass is 395 g/mol. The van der Waals surface area contributed by atoms with Crippen LogP contribution in [0, 0.1) is 11.3 Å². The first-order valence-corrected chi connectivity index (χ1v) is 9.74. The van der Waals surface area contributed by atoms with Gasteiger partial charge in [-0.15, -0.1) is 0 Å². The van der Waals surface area contributed by atoms with Crippen LogP contribution in [-0.4, -0.2) is 21.1 Å². The molecule has 4 rings (SSSR count). The Bertz CT molecular complexity index is 1200. The molecular weight excluding hydrogens is 374 g/mol. The lowest BCUT2D eigenvalue weighted by atomic mass is 10.0. The van der Waals surface area contributed by atoms with Gasteiger partial charge in [-0.05, 0) is 49.2 Å².